The Morgan fingerprint density at radius 1 is 1.75 bits per heavy atom. The molecule has 0 N–H and O–H groups in total. The van der Waals surface area contributed by atoms with Crippen LogP contribution in [0.25, 0.3) is 0 Å². The topological polar surface area (TPSA) is 9.23 Å². The molecule has 0 aliphatic carbocycles. The summed E-state index contributed by atoms with van der Waals surface area (Å²) in [4.78, 5) is 0. The predicted molar refractivity (Wildman–Crippen MR) is 12.4 cm³/mol. The fourth-order valence-corrected chi connectivity index (χ4v) is 0. The second-order valence-corrected chi connectivity index (χ2v) is 0.289. The fraction of sp³-hybridized carbons (Fsp3) is 0.500. The molecule has 0 radical (unpaired) electrons. The van der Waals surface area contributed by atoms with Crippen molar-refractivity contribution < 1.29 is 35.9 Å². The van der Waals surface area contributed by atoms with Gasteiger partial charge in [-0.15, -0.1) is 0 Å². The first-order chi connectivity index (χ1) is 1.41. The molecule has 2 heteroatoms. The van der Waals surface area contributed by atoms with Crippen LogP contribution in [0.15, 0.2) is 0 Å². The van der Waals surface area contributed by atoms with Crippen LogP contribution < -0.4 is 0 Å². The molecule has 24 valence electrons. The van der Waals surface area contributed by atoms with Crippen molar-refractivity contribution in [3.8, 4) is 0 Å². The van der Waals surface area contributed by atoms with Gasteiger partial charge in [0, 0.05) is 31.1 Å². The van der Waals surface area contributed by atoms with Crippen molar-refractivity contribution in [1.82, 2.24) is 0 Å². The standard InChI is InChI=1S/C2H5O.U/c1-3-2;/h1H2,2H3;/q-1;. The van der Waals surface area contributed by atoms with Crippen LogP contribution in [0.1, 0.15) is 0 Å². The quantitative estimate of drug-likeness (QED) is 0.586. The minimum Gasteiger partial charge on any atom is -0.557 e. The van der Waals surface area contributed by atoms with Crippen LogP contribution in [0.3, 0.4) is 0 Å². The van der Waals surface area contributed by atoms with Crippen molar-refractivity contribution in [3.05, 3.63) is 7.11 Å². The summed E-state index contributed by atoms with van der Waals surface area (Å²) in [6.45, 7) is 0. The average molecular weight is 283 g/mol. The summed E-state index contributed by atoms with van der Waals surface area (Å²) in [7, 11) is 4.50. The van der Waals surface area contributed by atoms with Crippen molar-refractivity contribution >= 4 is 0 Å². The third-order valence-electron chi connectivity index (χ3n) is 0. The Balaban J connectivity index is 0. The van der Waals surface area contributed by atoms with E-state index in [-0.39, 0.29) is 31.1 Å². The molecule has 0 bridgehead atoms. The molecule has 0 aromatic rings. The second-order valence-electron chi connectivity index (χ2n) is 0.289. The molecule has 0 aromatic carbocycles. The Hall–Kier alpha value is 1.01. The van der Waals surface area contributed by atoms with Crippen LogP contribution in [-0.4, -0.2) is 7.11 Å². The van der Waals surface area contributed by atoms with Crippen LogP contribution in [-0.2, 0) is 4.74 Å². The van der Waals surface area contributed by atoms with E-state index in [0.717, 1.165) is 0 Å². The van der Waals surface area contributed by atoms with E-state index in [2.05, 4.69) is 11.8 Å². The molecule has 0 aromatic heterocycles. The van der Waals surface area contributed by atoms with Gasteiger partial charge < -0.3 is 4.74 Å². The van der Waals surface area contributed by atoms with Crippen molar-refractivity contribution in [2.45, 2.75) is 0 Å². The van der Waals surface area contributed by atoms with Crippen LogP contribution >= 0.6 is 0 Å². The van der Waals surface area contributed by atoms with E-state index in [1.165, 1.54) is 7.11 Å². The molecule has 1 nitrogen and oxygen atoms in total. The summed E-state index contributed by atoms with van der Waals surface area (Å²) in [5.74, 6) is 0. The Labute approximate surface area is 50.1 Å². The molecule has 0 heterocycles. The Morgan fingerprint density at radius 3 is 1.75 bits per heavy atom. The van der Waals surface area contributed by atoms with Gasteiger partial charge in [0.05, 0.1) is 0 Å². The molecule has 0 atom stereocenters. The molecule has 0 aliphatic heterocycles. The number of ether oxygens (including phenoxy) is 1. The molecule has 0 aliphatic rings. The third kappa shape index (κ3) is 11.9. The minimum absolute atomic E-state index is 0. The molecular formula is C2H5OU-. The Morgan fingerprint density at radius 2 is 1.75 bits per heavy atom. The van der Waals surface area contributed by atoms with Gasteiger partial charge in [-0.2, -0.15) is 0 Å². The fourth-order valence-electron chi connectivity index (χ4n) is 0. The summed E-state index contributed by atoms with van der Waals surface area (Å²) in [6, 6.07) is 0. The molecule has 0 spiro atoms. The van der Waals surface area contributed by atoms with E-state index in [1.54, 1.807) is 0 Å². The molecule has 0 saturated carbocycles. The average Bonchev–Trinajstić information content (AvgIpc) is 0.918. The SMILES string of the molecule is [CH2-]OC.[U]. The van der Waals surface area contributed by atoms with Gasteiger partial charge in [-0.1, -0.05) is 0 Å². The van der Waals surface area contributed by atoms with E-state index >= 15 is 0 Å². The minimum atomic E-state index is 0. The monoisotopic (exact) mass is 283 g/mol. The molecule has 0 unspecified atom stereocenters. The molecule has 0 saturated heterocycles. The number of hydrogen-bond acceptors (Lipinski definition) is 1. The molecule has 0 fully saturated rings. The van der Waals surface area contributed by atoms with E-state index < -0.39 is 0 Å². The van der Waals surface area contributed by atoms with Gasteiger partial charge in [-0.25, -0.2) is 7.11 Å². The summed E-state index contributed by atoms with van der Waals surface area (Å²) in [6.07, 6.45) is 0. The number of hydrogen-bond donors (Lipinski definition) is 0. The predicted octanol–water partition coefficient (Wildman–Crippen LogP) is 0.424. The van der Waals surface area contributed by atoms with Gasteiger partial charge in [0.1, 0.15) is 0 Å². The van der Waals surface area contributed by atoms with Crippen molar-refractivity contribution in [2.24, 2.45) is 0 Å². The number of methoxy groups -OCH3 is 1. The zero-order valence-corrected chi connectivity index (χ0v) is 6.78. The summed E-state index contributed by atoms with van der Waals surface area (Å²) in [5, 5.41) is 0. The van der Waals surface area contributed by atoms with Crippen LogP contribution in [0.5, 0.6) is 0 Å². The molecule has 4 heavy (non-hydrogen) atoms. The smallest absolute Gasteiger partial charge is 0 e. The first-order valence-electron chi connectivity index (χ1n) is 0.697. The molecule has 0 amide bonds. The maximum Gasteiger partial charge on any atom is 0 e. The van der Waals surface area contributed by atoms with Gasteiger partial charge in [0.15, 0.2) is 0 Å². The maximum atomic E-state index is 4.00. The molecule has 0 rings (SSSR count). The first-order valence-corrected chi connectivity index (χ1v) is 0.697. The normalized spacial score (nSPS) is 4.50. The van der Waals surface area contributed by atoms with Gasteiger partial charge in [-0.3, -0.25) is 0 Å². The van der Waals surface area contributed by atoms with E-state index in [9.17, 15) is 0 Å². The number of rotatable bonds is 0. The third-order valence-corrected chi connectivity index (χ3v) is 0. The van der Waals surface area contributed by atoms with E-state index in [1.807, 2.05) is 0 Å². The zero-order valence-electron chi connectivity index (χ0n) is 2.62. The Bertz CT molecular complexity index is 6.00. The van der Waals surface area contributed by atoms with Gasteiger partial charge in [0.25, 0.3) is 0 Å². The summed E-state index contributed by atoms with van der Waals surface area (Å²) < 4.78 is 4.00. The summed E-state index contributed by atoms with van der Waals surface area (Å²) >= 11 is 0. The van der Waals surface area contributed by atoms with Crippen LogP contribution in [0, 0.1) is 38.2 Å². The Kier molecular flexibility index (Phi) is 20.0. The maximum absolute atomic E-state index is 4.00. The van der Waals surface area contributed by atoms with Gasteiger partial charge in [-0.05, 0) is 7.11 Å². The zero-order chi connectivity index (χ0) is 2.71. The second kappa shape index (κ2) is 8.99. The van der Waals surface area contributed by atoms with Gasteiger partial charge >= 0.3 is 0 Å². The first kappa shape index (κ1) is 8.89. The van der Waals surface area contributed by atoms with Crippen molar-refractivity contribution in [3.63, 3.8) is 0 Å². The summed E-state index contributed by atoms with van der Waals surface area (Å²) in [5.41, 5.74) is 0. The van der Waals surface area contributed by atoms with Crippen LogP contribution in [0.4, 0.5) is 0 Å². The largest absolute Gasteiger partial charge is 0.557 e. The van der Waals surface area contributed by atoms with Crippen molar-refractivity contribution in [2.75, 3.05) is 7.11 Å². The van der Waals surface area contributed by atoms with E-state index in [0.29, 0.717) is 0 Å². The van der Waals surface area contributed by atoms with Crippen LogP contribution in [0.2, 0.25) is 0 Å². The van der Waals surface area contributed by atoms with Gasteiger partial charge in [0.2, 0.25) is 0 Å². The molecular weight excluding hydrogens is 278 g/mol. The van der Waals surface area contributed by atoms with E-state index in [4.69, 9.17) is 0 Å². The van der Waals surface area contributed by atoms with Crippen molar-refractivity contribution in [1.29, 1.82) is 0 Å².